The summed E-state index contributed by atoms with van der Waals surface area (Å²) in [4.78, 5) is 4.80. The van der Waals surface area contributed by atoms with Crippen molar-refractivity contribution in [3.63, 3.8) is 0 Å². The average molecular weight is 344 g/mol. The molecule has 1 aromatic carbocycles. The second-order valence-corrected chi connectivity index (χ2v) is 6.95. The fourth-order valence-corrected chi connectivity index (χ4v) is 2.78. The third kappa shape index (κ3) is 2.81. The van der Waals surface area contributed by atoms with Gasteiger partial charge in [-0.25, -0.2) is 4.98 Å². The minimum Gasteiger partial charge on any atom is -0.365 e. The van der Waals surface area contributed by atoms with Crippen molar-refractivity contribution >= 4 is 27.4 Å². The Bertz CT molecular complexity index is 784. The molecule has 21 heavy (non-hydrogen) atoms. The second kappa shape index (κ2) is 5.19. The average Bonchev–Trinajstić information content (AvgIpc) is 2.76. The highest BCUT2D eigenvalue weighted by Crippen LogP contribution is 2.34. The molecule has 2 aromatic heterocycles. The van der Waals surface area contributed by atoms with Gasteiger partial charge in [-0.15, -0.1) is 0 Å². The van der Waals surface area contributed by atoms with Crippen molar-refractivity contribution in [3.05, 3.63) is 53.1 Å². The van der Waals surface area contributed by atoms with Gasteiger partial charge >= 0.3 is 0 Å². The quantitative estimate of drug-likeness (QED) is 0.711. The number of aromatic nitrogens is 2. The summed E-state index contributed by atoms with van der Waals surface area (Å²) in [5, 5.41) is 3.58. The third-order valence-corrected chi connectivity index (χ3v) is 3.84. The van der Waals surface area contributed by atoms with Crippen molar-refractivity contribution in [3.8, 4) is 11.3 Å². The Morgan fingerprint density at radius 3 is 2.48 bits per heavy atom. The molecule has 4 heteroatoms. The predicted octanol–water partition coefficient (Wildman–Crippen LogP) is 4.97. The van der Waals surface area contributed by atoms with E-state index in [-0.39, 0.29) is 5.54 Å². The lowest BCUT2D eigenvalue weighted by Crippen LogP contribution is -2.27. The minimum atomic E-state index is -0.0399. The van der Waals surface area contributed by atoms with E-state index in [9.17, 15) is 0 Å². The summed E-state index contributed by atoms with van der Waals surface area (Å²) in [6.45, 7) is 6.46. The summed E-state index contributed by atoms with van der Waals surface area (Å²) >= 11 is 3.63. The minimum absolute atomic E-state index is 0.0399. The zero-order valence-electron chi connectivity index (χ0n) is 12.4. The molecule has 0 atom stereocenters. The summed E-state index contributed by atoms with van der Waals surface area (Å²) in [5.74, 6) is 1.02. The van der Waals surface area contributed by atoms with Crippen molar-refractivity contribution in [1.29, 1.82) is 0 Å². The van der Waals surface area contributed by atoms with E-state index in [1.165, 1.54) is 0 Å². The highest BCUT2D eigenvalue weighted by atomic mass is 79.9. The molecular weight excluding hydrogens is 326 g/mol. The summed E-state index contributed by atoms with van der Waals surface area (Å²) in [6.07, 6.45) is 2.04. The number of halogens is 1. The van der Waals surface area contributed by atoms with Crippen LogP contribution in [0.25, 0.3) is 16.9 Å². The van der Waals surface area contributed by atoms with E-state index >= 15 is 0 Å². The van der Waals surface area contributed by atoms with Crippen molar-refractivity contribution in [2.24, 2.45) is 0 Å². The first-order valence-corrected chi connectivity index (χ1v) is 7.75. The van der Waals surface area contributed by atoms with Crippen molar-refractivity contribution in [2.45, 2.75) is 26.3 Å². The Morgan fingerprint density at radius 1 is 1.05 bits per heavy atom. The molecule has 0 unspecified atom stereocenters. The maximum atomic E-state index is 4.80. The summed E-state index contributed by atoms with van der Waals surface area (Å²) in [5.41, 5.74) is 2.95. The molecule has 0 amide bonds. The van der Waals surface area contributed by atoms with Gasteiger partial charge in [-0.2, -0.15) is 0 Å². The number of nitrogens with one attached hydrogen (secondary N) is 1. The number of imidazole rings is 1. The molecule has 0 saturated carbocycles. The van der Waals surface area contributed by atoms with Crippen LogP contribution in [0.4, 0.5) is 5.82 Å². The Kier molecular flexibility index (Phi) is 3.49. The first kappa shape index (κ1) is 14.1. The van der Waals surface area contributed by atoms with Crippen LogP contribution < -0.4 is 5.32 Å². The van der Waals surface area contributed by atoms with Crippen LogP contribution in [0.2, 0.25) is 0 Å². The number of anilines is 1. The zero-order chi connectivity index (χ0) is 15.0. The van der Waals surface area contributed by atoms with E-state index < -0.39 is 0 Å². The maximum Gasteiger partial charge on any atom is 0.139 e. The number of hydrogen-bond acceptors (Lipinski definition) is 2. The highest BCUT2D eigenvalue weighted by molar-refractivity contribution is 9.10. The Balaban J connectivity index is 2.27. The number of benzene rings is 1. The molecule has 0 radical (unpaired) electrons. The monoisotopic (exact) mass is 343 g/mol. The number of hydrogen-bond donors (Lipinski definition) is 1. The molecule has 3 rings (SSSR count). The van der Waals surface area contributed by atoms with Crippen LogP contribution >= 0.6 is 15.9 Å². The van der Waals surface area contributed by atoms with Crippen LogP contribution in [-0.4, -0.2) is 14.9 Å². The standard InChI is InChI=1S/C17H18BrN3/c1-17(2,3)20-16-15(12-8-4-5-9-13(12)18)19-14-10-6-7-11-21(14)16/h4-11,20H,1-3H3. The molecule has 0 bridgehead atoms. The highest BCUT2D eigenvalue weighted by Gasteiger charge is 2.20. The molecular formula is C17H18BrN3. The van der Waals surface area contributed by atoms with Gasteiger partial charge in [0.1, 0.15) is 17.2 Å². The largest absolute Gasteiger partial charge is 0.365 e. The molecule has 0 aliphatic rings. The normalized spacial score (nSPS) is 11.8. The molecule has 3 aromatic rings. The van der Waals surface area contributed by atoms with Gasteiger partial charge in [0.15, 0.2) is 0 Å². The lowest BCUT2D eigenvalue weighted by Gasteiger charge is -2.22. The summed E-state index contributed by atoms with van der Waals surface area (Å²) in [6, 6.07) is 14.2. The third-order valence-electron chi connectivity index (χ3n) is 3.15. The van der Waals surface area contributed by atoms with E-state index in [0.29, 0.717) is 0 Å². The maximum absolute atomic E-state index is 4.80. The number of pyridine rings is 1. The molecule has 2 heterocycles. The van der Waals surface area contributed by atoms with Gasteiger partial charge in [-0.3, -0.25) is 4.40 Å². The molecule has 108 valence electrons. The Labute approximate surface area is 133 Å². The fourth-order valence-electron chi connectivity index (χ4n) is 2.31. The van der Waals surface area contributed by atoms with Crippen LogP contribution in [0.3, 0.4) is 0 Å². The molecule has 0 aliphatic carbocycles. The molecule has 3 nitrogen and oxygen atoms in total. The van der Waals surface area contributed by atoms with Gasteiger partial charge < -0.3 is 5.32 Å². The van der Waals surface area contributed by atoms with Crippen LogP contribution in [0.15, 0.2) is 53.1 Å². The number of fused-ring (bicyclic) bond motifs is 1. The van der Waals surface area contributed by atoms with E-state index in [1.807, 2.05) is 42.6 Å². The SMILES string of the molecule is CC(C)(C)Nc1c(-c2ccccc2Br)nc2ccccn12. The second-order valence-electron chi connectivity index (χ2n) is 6.09. The molecule has 0 aliphatic heterocycles. The van der Waals surface area contributed by atoms with Crippen LogP contribution in [0.1, 0.15) is 20.8 Å². The van der Waals surface area contributed by atoms with E-state index in [2.05, 4.69) is 52.5 Å². The lowest BCUT2D eigenvalue weighted by molar-refractivity contribution is 0.629. The first-order valence-electron chi connectivity index (χ1n) is 6.96. The topological polar surface area (TPSA) is 29.3 Å². The van der Waals surface area contributed by atoms with Gasteiger partial charge in [0.05, 0.1) is 0 Å². The molecule has 0 spiro atoms. The Hall–Kier alpha value is -1.81. The zero-order valence-corrected chi connectivity index (χ0v) is 14.0. The first-order chi connectivity index (χ1) is 9.96. The van der Waals surface area contributed by atoms with Crippen molar-refractivity contribution in [1.82, 2.24) is 9.38 Å². The molecule has 0 saturated heterocycles. The van der Waals surface area contributed by atoms with Gasteiger partial charge in [-0.05, 0) is 39.0 Å². The lowest BCUT2D eigenvalue weighted by atomic mass is 10.1. The van der Waals surface area contributed by atoms with E-state index in [0.717, 1.165) is 27.2 Å². The molecule has 0 fully saturated rings. The smallest absolute Gasteiger partial charge is 0.139 e. The number of rotatable bonds is 2. The fraction of sp³-hybridized carbons (Fsp3) is 0.235. The van der Waals surface area contributed by atoms with Gasteiger partial charge in [0.25, 0.3) is 0 Å². The van der Waals surface area contributed by atoms with Gasteiger partial charge in [0.2, 0.25) is 0 Å². The molecule has 1 N–H and O–H groups in total. The summed E-state index contributed by atoms with van der Waals surface area (Å²) < 4.78 is 3.14. The van der Waals surface area contributed by atoms with Crippen LogP contribution in [-0.2, 0) is 0 Å². The van der Waals surface area contributed by atoms with Crippen molar-refractivity contribution in [2.75, 3.05) is 5.32 Å². The predicted molar refractivity (Wildman–Crippen MR) is 91.7 cm³/mol. The number of nitrogens with zero attached hydrogens (tertiary/aromatic N) is 2. The van der Waals surface area contributed by atoms with Crippen molar-refractivity contribution < 1.29 is 0 Å². The van der Waals surface area contributed by atoms with Gasteiger partial charge in [0, 0.05) is 21.8 Å². The summed E-state index contributed by atoms with van der Waals surface area (Å²) in [7, 11) is 0. The van der Waals surface area contributed by atoms with Crippen LogP contribution in [0.5, 0.6) is 0 Å². The van der Waals surface area contributed by atoms with E-state index in [1.54, 1.807) is 0 Å². The van der Waals surface area contributed by atoms with E-state index in [4.69, 9.17) is 4.98 Å². The Morgan fingerprint density at radius 2 is 1.76 bits per heavy atom. The van der Waals surface area contributed by atoms with Gasteiger partial charge in [-0.1, -0.05) is 40.2 Å². The van der Waals surface area contributed by atoms with Crippen LogP contribution in [0, 0.1) is 0 Å².